The SMILES string of the molecule is CCS(=O)(=O)N1CCC2(CC1)OCCc1ccsc12. The summed E-state index contributed by atoms with van der Waals surface area (Å²) < 4.78 is 31.5. The molecule has 3 rings (SSSR count). The van der Waals surface area contributed by atoms with Crippen LogP contribution in [0.15, 0.2) is 11.4 Å². The minimum atomic E-state index is -3.06. The van der Waals surface area contributed by atoms with Crippen LogP contribution < -0.4 is 0 Å². The highest BCUT2D eigenvalue weighted by molar-refractivity contribution is 7.89. The highest BCUT2D eigenvalue weighted by atomic mass is 32.2. The van der Waals surface area contributed by atoms with Gasteiger partial charge in [-0.1, -0.05) is 0 Å². The van der Waals surface area contributed by atoms with E-state index >= 15 is 0 Å². The number of hydrogen-bond donors (Lipinski definition) is 0. The van der Waals surface area contributed by atoms with E-state index in [0.29, 0.717) is 13.1 Å². The van der Waals surface area contributed by atoms with Crippen LogP contribution in [0, 0.1) is 0 Å². The Hall–Kier alpha value is -0.430. The third kappa shape index (κ3) is 2.24. The number of rotatable bonds is 2. The molecule has 1 fully saturated rings. The van der Waals surface area contributed by atoms with Crippen molar-refractivity contribution >= 4 is 21.4 Å². The van der Waals surface area contributed by atoms with Crippen LogP contribution in [-0.4, -0.2) is 38.2 Å². The molecule has 1 spiro atoms. The van der Waals surface area contributed by atoms with Gasteiger partial charge in [0, 0.05) is 18.0 Å². The molecule has 0 aliphatic carbocycles. The lowest BCUT2D eigenvalue weighted by Gasteiger charge is -2.43. The summed E-state index contributed by atoms with van der Waals surface area (Å²) in [4.78, 5) is 1.33. The first-order valence-corrected chi connectivity index (χ1v) is 9.25. The van der Waals surface area contributed by atoms with Crippen molar-refractivity contribution in [1.82, 2.24) is 4.31 Å². The fraction of sp³-hybridized carbons (Fsp3) is 0.692. The van der Waals surface area contributed by atoms with E-state index in [0.717, 1.165) is 25.9 Å². The summed E-state index contributed by atoms with van der Waals surface area (Å²) in [7, 11) is -3.06. The van der Waals surface area contributed by atoms with Crippen molar-refractivity contribution in [2.45, 2.75) is 31.8 Å². The Balaban J connectivity index is 1.82. The molecule has 2 aliphatic rings. The van der Waals surface area contributed by atoms with Crippen molar-refractivity contribution in [2.75, 3.05) is 25.4 Å². The van der Waals surface area contributed by atoms with Crippen LogP contribution in [-0.2, 0) is 26.8 Å². The fourth-order valence-electron chi connectivity index (χ4n) is 3.03. The van der Waals surface area contributed by atoms with Crippen LogP contribution in [0.1, 0.15) is 30.2 Å². The third-order valence-electron chi connectivity index (χ3n) is 4.20. The maximum Gasteiger partial charge on any atom is 0.213 e. The Bertz CT molecular complexity index is 556. The normalized spacial score (nSPS) is 23.4. The molecule has 4 nitrogen and oxygen atoms in total. The Kier molecular flexibility index (Phi) is 3.45. The predicted molar refractivity (Wildman–Crippen MR) is 75.9 cm³/mol. The van der Waals surface area contributed by atoms with Crippen molar-refractivity contribution in [3.8, 4) is 0 Å². The van der Waals surface area contributed by atoms with Crippen molar-refractivity contribution in [2.24, 2.45) is 0 Å². The number of thiophene rings is 1. The van der Waals surface area contributed by atoms with E-state index in [4.69, 9.17) is 4.74 Å². The first-order chi connectivity index (χ1) is 9.07. The van der Waals surface area contributed by atoms with Crippen LogP contribution in [0.2, 0.25) is 0 Å². The monoisotopic (exact) mass is 301 g/mol. The fourth-order valence-corrected chi connectivity index (χ4v) is 5.31. The molecule has 2 aliphatic heterocycles. The van der Waals surface area contributed by atoms with Crippen LogP contribution in [0.5, 0.6) is 0 Å². The summed E-state index contributed by atoms with van der Waals surface area (Å²) in [6.07, 6.45) is 2.54. The lowest BCUT2D eigenvalue weighted by Crippen LogP contribution is -2.48. The summed E-state index contributed by atoms with van der Waals surface area (Å²) in [5.41, 5.74) is 1.17. The van der Waals surface area contributed by atoms with Crippen LogP contribution >= 0.6 is 11.3 Å². The van der Waals surface area contributed by atoms with Gasteiger partial charge in [0.2, 0.25) is 10.0 Å². The molecule has 0 bridgehead atoms. The second kappa shape index (κ2) is 4.84. The number of fused-ring (bicyclic) bond motifs is 2. The minimum Gasteiger partial charge on any atom is -0.369 e. The molecular formula is C13H19NO3S2. The predicted octanol–water partition coefficient (Wildman–Crippen LogP) is 1.96. The van der Waals surface area contributed by atoms with Gasteiger partial charge in [-0.15, -0.1) is 11.3 Å². The van der Waals surface area contributed by atoms with Gasteiger partial charge in [0.15, 0.2) is 0 Å². The molecule has 1 aromatic rings. The second-order valence-corrected chi connectivity index (χ2v) is 8.34. The van der Waals surface area contributed by atoms with Gasteiger partial charge in [-0.05, 0) is 43.2 Å². The average Bonchev–Trinajstić information content (AvgIpc) is 2.89. The lowest BCUT2D eigenvalue weighted by atomic mass is 9.86. The molecule has 19 heavy (non-hydrogen) atoms. The van der Waals surface area contributed by atoms with E-state index in [1.807, 2.05) is 0 Å². The number of hydrogen-bond acceptors (Lipinski definition) is 4. The van der Waals surface area contributed by atoms with Gasteiger partial charge in [0.05, 0.1) is 12.4 Å². The van der Waals surface area contributed by atoms with Gasteiger partial charge in [0.1, 0.15) is 5.60 Å². The first-order valence-electron chi connectivity index (χ1n) is 6.76. The Morgan fingerprint density at radius 2 is 2.16 bits per heavy atom. The molecule has 6 heteroatoms. The van der Waals surface area contributed by atoms with Crippen molar-refractivity contribution in [3.63, 3.8) is 0 Å². The molecule has 0 aromatic carbocycles. The van der Waals surface area contributed by atoms with E-state index in [1.54, 1.807) is 22.6 Å². The summed E-state index contributed by atoms with van der Waals surface area (Å²) in [6.45, 7) is 3.61. The zero-order chi connectivity index (χ0) is 13.5. The highest BCUT2D eigenvalue weighted by Gasteiger charge is 2.43. The first kappa shape index (κ1) is 13.5. The zero-order valence-electron chi connectivity index (χ0n) is 11.1. The molecule has 0 unspecified atom stereocenters. The number of ether oxygens (including phenoxy) is 1. The largest absolute Gasteiger partial charge is 0.369 e. The summed E-state index contributed by atoms with van der Waals surface area (Å²) in [5.74, 6) is 0.186. The standard InChI is InChI=1S/C13H19NO3S2/c1-2-19(15,16)14-7-5-13(6-8-14)12-11(3-9-17-13)4-10-18-12/h4,10H,2-3,5-9H2,1H3. The molecule has 1 saturated heterocycles. The van der Waals surface area contributed by atoms with Crippen LogP contribution in [0.3, 0.4) is 0 Å². The van der Waals surface area contributed by atoms with E-state index < -0.39 is 10.0 Å². The number of piperidine rings is 1. The Morgan fingerprint density at radius 1 is 1.42 bits per heavy atom. The van der Waals surface area contributed by atoms with Gasteiger partial charge in [-0.2, -0.15) is 0 Å². The van der Waals surface area contributed by atoms with E-state index in [1.165, 1.54) is 10.4 Å². The third-order valence-corrected chi connectivity index (χ3v) is 7.22. The van der Waals surface area contributed by atoms with Gasteiger partial charge in [-0.3, -0.25) is 0 Å². The van der Waals surface area contributed by atoms with Gasteiger partial charge in [0.25, 0.3) is 0 Å². The van der Waals surface area contributed by atoms with Gasteiger partial charge in [-0.25, -0.2) is 12.7 Å². The molecule has 3 heterocycles. The maximum atomic E-state index is 11.9. The summed E-state index contributed by atoms with van der Waals surface area (Å²) >= 11 is 1.75. The molecule has 0 amide bonds. The molecule has 0 N–H and O–H groups in total. The topological polar surface area (TPSA) is 46.6 Å². The molecule has 0 atom stereocenters. The molecule has 106 valence electrons. The highest BCUT2D eigenvalue weighted by Crippen LogP contribution is 2.44. The van der Waals surface area contributed by atoms with Crippen molar-refractivity contribution < 1.29 is 13.2 Å². The maximum absolute atomic E-state index is 11.9. The van der Waals surface area contributed by atoms with Crippen LogP contribution in [0.25, 0.3) is 0 Å². The molecule has 1 aromatic heterocycles. The zero-order valence-corrected chi connectivity index (χ0v) is 12.7. The summed E-state index contributed by atoms with van der Waals surface area (Å²) in [6, 6.07) is 2.18. The van der Waals surface area contributed by atoms with Crippen LogP contribution in [0.4, 0.5) is 0 Å². The van der Waals surface area contributed by atoms with Gasteiger partial charge >= 0.3 is 0 Å². The molecule has 0 saturated carbocycles. The lowest BCUT2D eigenvalue weighted by molar-refractivity contribution is -0.0861. The number of nitrogens with zero attached hydrogens (tertiary/aromatic N) is 1. The number of sulfonamides is 1. The Labute approximate surface area is 118 Å². The average molecular weight is 301 g/mol. The molecular weight excluding hydrogens is 282 g/mol. The van der Waals surface area contributed by atoms with E-state index in [-0.39, 0.29) is 11.4 Å². The van der Waals surface area contributed by atoms with Crippen molar-refractivity contribution in [1.29, 1.82) is 0 Å². The van der Waals surface area contributed by atoms with Gasteiger partial charge < -0.3 is 4.74 Å². The minimum absolute atomic E-state index is 0.186. The Morgan fingerprint density at radius 3 is 2.84 bits per heavy atom. The van der Waals surface area contributed by atoms with E-state index in [2.05, 4.69) is 11.4 Å². The summed E-state index contributed by atoms with van der Waals surface area (Å²) in [5, 5.41) is 2.12. The van der Waals surface area contributed by atoms with Crippen molar-refractivity contribution in [3.05, 3.63) is 21.9 Å². The second-order valence-electron chi connectivity index (χ2n) is 5.17. The van der Waals surface area contributed by atoms with E-state index in [9.17, 15) is 8.42 Å². The smallest absolute Gasteiger partial charge is 0.213 e. The quantitative estimate of drug-likeness (QED) is 0.839. The molecule has 0 radical (unpaired) electrons.